The number of nitro benzene ring substituents is 1. The van der Waals surface area contributed by atoms with E-state index in [1.54, 1.807) is 17.8 Å². The topological polar surface area (TPSA) is 63.4 Å². The molecule has 0 heterocycles. The first kappa shape index (κ1) is 15.5. The van der Waals surface area contributed by atoms with Crippen LogP contribution in [0.1, 0.15) is 22.3 Å². The van der Waals surface area contributed by atoms with Crippen LogP contribution in [-0.2, 0) is 12.4 Å². The molecule has 0 fully saturated rings. The Labute approximate surface area is 128 Å². The summed E-state index contributed by atoms with van der Waals surface area (Å²) in [7, 11) is 0. The van der Waals surface area contributed by atoms with Crippen LogP contribution in [0.5, 0.6) is 0 Å². The van der Waals surface area contributed by atoms with E-state index in [0.29, 0.717) is 5.56 Å². The summed E-state index contributed by atoms with van der Waals surface area (Å²) in [6.07, 6.45) is 0. The Hall–Kier alpha value is -1.85. The summed E-state index contributed by atoms with van der Waals surface area (Å²) in [5, 5.41) is 20.1. The second-order valence-corrected chi connectivity index (χ2v) is 6.01. The van der Waals surface area contributed by atoms with Crippen LogP contribution < -0.4 is 0 Å². The van der Waals surface area contributed by atoms with E-state index in [-0.39, 0.29) is 12.3 Å². The van der Waals surface area contributed by atoms with Crippen LogP contribution in [0.4, 0.5) is 5.69 Å². The molecule has 0 aromatic heterocycles. The van der Waals surface area contributed by atoms with Crippen LogP contribution >= 0.6 is 11.8 Å². The predicted octanol–water partition coefficient (Wildman–Crippen LogP) is 4.00. The second-order valence-electron chi connectivity index (χ2n) is 4.99. The number of aliphatic hydroxyl groups excluding tert-OH is 1. The molecule has 0 atom stereocenters. The Morgan fingerprint density at radius 1 is 1.14 bits per heavy atom. The lowest BCUT2D eigenvalue weighted by Crippen LogP contribution is -1.93. The van der Waals surface area contributed by atoms with Crippen molar-refractivity contribution in [3.63, 3.8) is 0 Å². The molecule has 2 aromatic rings. The zero-order valence-corrected chi connectivity index (χ0v) is 12.8. The highest BCUT2D eigenvalue weighted by atomic mass is 32.2. The first-order valence-electron chi connectivity index (χ1n) is 6.57. The minimum atomic E-state index is -0.447. The van der Waals surface area contributed by atoms with Crippen molar-refractivity contribution < 1.29 is 10.0 Å². The molecule has 110 valence electrons. The molecule has 4 nitrogen and oxygen atoms in total. The van der Waals surface area contributed by atoms with Crippen LogP contribution in [-0.4, -0.2) is 10.0 Å². The number of aryl methyl sites for hydroxylation is 2. The van der Waals surface area contributed by atoms with Gasteiger partial charge in [0.15, 0.2) is 0 Å². The second kappa shape index (κ2) is 6.74. The van der Waals surface area contributed by atoms with E-state index in [2.05, 4.69) is 32.0 Å². The molecule has 0 spiro atoms. The maximum atomic E-state index is 10.8. The summed E-state index contributed by atoms with van der Waals surface area (Å²) in [6.45, 7) is 3.93. The van der Waals surface area contributed by atoms with Gasteiger partial charge < -0.3 is 5.11 Å². The van der Waals surface area contributed by atoms with Gasteiger partial charge in [0.05, 0.1) is 11.5 Å². The molecule has 0 radical (unpaired) electrons. The van der Waals surface area contributed by atoms with Crippen LogP contribution in [0.25, 0.3) is 0 Å². The molecular formula is C16H17NO3S. The highest BCUT2D eigenvalue weighted by Gasteiger charge is 2.11. The van der Waals surface area contributed by atoms with Gasteiger partial charge in [0.2, 0.25) is 0 Å². The standard InChI is InChI=1S/C16H17NO3S/c1-11-5-12(2)7-13(6-11)10-21-16-4-3-15(17(19)20)8-14(16)9-18/h3-8,18H,9-10H2,1-2H3. The summed E-state index contributed by atoms with van der Waals surface area (Å²) in [5.74, 6) is 0.771. The molecule has 2 rings (SSSR count). The fraction of sp³-hybridized carbons (Fsp3) is 0.250. The lowest BCUT2D eigenvalue weighted by molar-refractivity contribution is -0.385. The Morgan fingerprint density at radius 3 is 2.38 bits per heavy atom. The van der Waals surface area contributed by atoms with E-state index in [9.17, 15) is 15.2 Å². The highest BCUT2D eigenvalue weighted by Crippen LogP contribution is 2.29. The fourth-order valence-corrected chi connectivity index (χ4v) is 3.22. The summed E-state index contributed by atoms with van der Waals surface area (Å²) >= 11 is 1.58. The number of hydrogen-bond donors (Lipinski definition) is 1. The van der Waals surface area contributed by atoms with E-state index >= 15 is 0 Å². The quantitative estimate of drug-likeness (QED) is 0.515. The molecule has 21 heavy (non-hydrogen) atoms. The van der Waals surface area contributed by atoms with Crippen LogP contribution in [0.15, 0.2) is 41.3 Å². The first-order valence-corrected chi connectivity index (χ1v) is 7.56. The number of thioether (sulfide) groups is 1. The predicted molar refractivity (Wildman–Crippen MR) is 84.5 cm³/mol. The third kappa shape index (κ3) is 4.06. The largest absolute Gasteiger partial charge is 0.392 e. The maximum Gasteiger partial charge on any atom is 0.269 e. The number of nitrogens with zero attached hydrogens (tertiary/aromatic N) is 1. The van der Waals surface area contributed by atoms with E-state index < -0.39 is 4.92 Å². The van der Waals surface area contributed by atoms with Crippen molar-refractivity contribution in [1.29, 1.82) is 0 Å². The number of rotatable bonds is 5. The Bertz CT molecular complexity index is 650. The molecule has 0 amide bonds. The van der Waals surface area contributed by atoms with Crippen molar-refractivity contribution >= 4 is 17.4 Å². The van der Waals surface area contributed by atoms with Crippen molar-refractivity contribution in [1.82, 2.24) is 0 Å². The van der Waals surface area contributed by atoms with Gasteiger partial charge in [-0.25, -0.2) is 0 Å². The molecular weight excluding hydrogens is 286 g/mol. The summed E-state index contributed by atoms with van der Waals surface area (Å²) in [5.41, 5.74) is 4.25. The number of non-ortho nitro benzene ring substituents is 1. The highest BCUT2D eigenvalue weighted by molar-refractivity contribution is 7.98. The maximum absolute atomic E-state index is 10.8. The minimum absolute atomic E-state index is 0.00907. The van der Waals surface area contributed by atoms with Crippen molar-refractivity contribution in [2.24, 2.45) is 0 Å². The Balaban J connectivity index is 2.17. The number of hydrogen-bond acceptors (Lipinski definition) is 4. The summed E-state index contributed by atoms with van der Waals surface area (Å²) < 4.78 is 0. The van der Waals surface area contributed by atoms with E-state index in [1.807, 2.05) is 0 Å². The van der Waals surface area contributed by atoms with E-state index in [4.69, 9.17) is 0 Å². The molecule has 0 aliphatic heterocycles. The number of aliphatic hydroxyl groups is 1. The first-order chi connectivity index (χ1) is 9.99. The lowest BCUT2D eigenvalue weighted by atomic mass is 10.1. The molecule has 0 unspecified atom stereocenters. The number of nitro groups is 1. The minimum Gasteiger partial charge on any atom is -0.392 e. The van der Waals surface area contributed by atoms with Gasteiger partial charge in [-0.2, -0.15) is 0 Å². The average molecular weight is 303 g/mol. The Kier molecular flexibility index (Phi) is 4.98. The van der Waals surface area contributed by atoms with E-state index in [1.165, 1.54) is 28.8 Å². The van der Waals surface area contributed by atoms with Gasteiger partial charge in [-0.15, -0.1) is 11.8 Å². The smallest absolute Gasteiger partial charge is 0.269 e. The zero-order valence-electron chi connectivity index (χ0n) is 12.0. The molecule has 0 saturated heterocycles. The van der Waals surface area contributed by atoms with Gasteiger partial charge in [-0.05, 0) is 31.0 Å². The van der Waals surface area contributed by atoms with Gasteiger partial charge in [0.1, 0.15) is 0 Å². The third-order valence-corrected chi connectivity index (χ3v) is 4.29. The molecule has 0 bridgehead atoms. The van der Waals surface area contributed by atoms with Gasteiger partial charge >= 0.3 is 0 Å². The van der Waals surface area contributed by atoms with Crippen LogP contribution in [0, 0.1) is 24.0 Å². The van der Waals surface area contributed by atoms with Gasteiger partial charge in [0, 0.05) is 22.8 Å². The lowest BCUT2D eigenvalue weighted by Gasteiger charge is -2.08. The zero-order chi connectivity index (χ0) is 15.4. The van der Waals surface area contributed by atoms with Gasteiger partial charge in [-0.1, -0.05) is 29.3 Å². The summed E-state index contributed by atoms with van der Waals surface area (Å²) in [6, 6.07) is 11.0. The van der Waals surface area contributed by atoms with Crippen LogP contribution in [0.2, 0.25) is 0 Å². The SMILES string of the molecule is Cc1cc(C)cc(CSc2ccc([N+](=O)[O-])cc2CO)c1. The fourth-order valence-electron chi connectivity index (χ4n) is 2.26. The Morgan fingerprint density at radius 2 is 1.81 bits per heavy atom. The van der Waals surface area contributed by atoms with Gasteiger partial charge in [-0.3, -0.25) is 10.1 Å². The van der Waals surface area contributed by atoms with Crippen molar-refractivity contribution in [3.05, 3.63) is 68.8 Å². The van der Waals surface area contributed by atoms with Crippen molar-refractivity contribution in [3.8, 4) is 0 Å². The number of benzene rings is 2. The molecule has 2 aromatic carbocycles. The van der Waals surface area contributed by atoms with Crippen molar-refractivity contribution in [2.45, 2.75) is 31.1 Å². The average Bonchev–Trinajstić information content (AvgIpc) is 2.43. The monoisotopic (exact) mass is 303 g/mol. The molecule has 0 aliphatic carbocycles. The van der Waals surface area contributed by atoms with Crippen molar-refractivity contribution in [2.75, 3.05) is 0 Å². The van der Waals surface area contributed by atoms with Crippen LogP contribution in [0.3, 0.4) is 0 Å². The molecule has 0 aliphatic rings. The third-order valence-electron chi connectivity index (χ3n) is 3.10. The van der Waals surface area contributed by atoms with Gasteiger partial charge in [0.25, 0.3) is 5.69 Å². The van der Waals surface area contributed by atoms with E-state index in [0.717, 1.165) is 10.6 Å². The normalized spacial score (nSPS) is 10.6. The molecule has 5 heteroatoms. The summed E-state index contributed by atoms with van der Waals surface area (Å²) in [4.78, 5) is 11.2. The molecule has 0 saturated carbocycles. The molecule has 1 N–H and O–H groups in total.